The third-order valence-electron chi connectivity index (χ3n) is 5.17. The van der Waals surface area contributed by atoms with Crippen molar-refractivity contribution in [1.82, 2.24) is 4.90 Å². The molecule has 1 atom stereocenters. The van der Waals surface area contributed by atoms with E-state index in [2.05, 4.69) is 22.3 Å². The molecule has 1 unspecified atom stereocenters. The van der Waals surface area contributed by atoms with Crippen molar-refractivity contribution in [2.75, 3.05) is 16.8 Å². The monoisotopic (exact) mass is 363 g/mol. The van der Waals surface area contributed by atoms with Crippen molar-refractivity contribution in [1.29, 1.82) is 0 Å². The number of nitrogens with one attached hydrogen (secondary N) is 1. The fraction of sp³-hybridized carbons (Fsp3) is 0.286. The first kappa shape index (κ1) is 17.4. The summed E-state index contributed by atoms with van der Waals surface area (Å²) in [4.78, 5) is 40.0. The smallest absolute Gasteiger partial charge is 0.251 e. The molecule has 138 valence electrons. The molecule has 4 rings (SSSR count). The summed E-state index contributed by atoms with van der Waals surface area (Å²) in [6, 6.07) is 14.6. The second-order valence-corrected chi connectivity index (χ2v) is 7.00. The number of anilines is 2. The number of carbonyl (C=O) groups is 3. The lowest BCUT2D eigenvalue weighted by Crippen LogP contribution is -2.44. The molecule has 2 aliphatic heterocycles. The molecule has 0 aromatic heterocycles. The van der Waals surface area contributed by atoms with E-state index in [-0.39, 0.29) is 24.1 Å². The highest BCUT2D eigenvalue weighted by Gasteiger charge is 2.43. The summed E-state index contributed by atoms with van der Waals surface area (Å²) >= 11 is 0. The Balaban J connectivity index is 1.52. The maximum absolute atomic E-state index is 13.0. The minimum atomic E-state index is -0.416. The van der Waals surface area contributed by atoms with Gasteiger partial charge in [-0.15, -0.1) is 0 Å². The predicted molar refractivity (Wildman–Crippen MR) is 102 cm³/mol. The second kappa shape index (κ2) is 6.96. The van der Waals surface area contributed by atoms with E-state index in [4.69, 9.17) is 0 Å². The van der Waals surface area contributed by atoms with Gasteiger partial charge in [-0.3, -0.25) is 19.3 Å². The first-order valence-corrected chi connectivity index (χ1v) is 9.08. The molecule has 1 saturated heterocycles. The molecule has 0 spiro atoms. The van der Waals surface area contributed by atoms with Gasteiger partial charge in [-0.2, -0.15) is 0 Å². The fourth-order valence-electron chi connectivity index (χ4n) is 3.85. The summed E-state index contributed by atoms with van der Waals surface area (Å²) in [6.07, 6.45) is 1.09. The number of benzene rings is 2. The molecule has 0 saturated carbocycles. The highest BCUT2D eigenvalue weighted by Crippen LogP contribution is 2.29. The Morgan fingerprint density at radius 1 is 1.04 bits per heavy atom. The Kier molecular flexibility index (Phi) is 4.49. The molecule has 6 nitrogen and oxygen atoms in total. The van der Waals surface area contributed by atoms with Crippen LogP contribution in [0.4, 0.5) is 11.4 Å². The maximum Gasteiger partial charge on any atom is 0.251 e. The van der Waals surface area contributed by atoms with E-state index in [1.54, 1.807) is 24.3 Å². The summed E-state index contributed by atoms with van der Waals surface area (Å²) < 4.78 is 0. The van der Waals surface area contributed by atoms with Crippen LogP contribution in [-0.2, 0) is 27.3 Å². The summed E-state index contributed by atoms with van der Waals surface area (Å²) in [5.74, 6) is -0.524. The highest BCUT2D eigenvalue weighted by molar-refractivity contribution is 6.22. The van der Waals surface area contributed by atoms with Crippen LogP contribution in [-0.4, -0.2) is 35.2 Å². The topological polar surface area (TPSA) is 69.7 Å². The molecular weight excluding hydrogens is 342 g/mol. The first-order valence-electron chi connectivity index (χ1n) is 9.08. The average molecular weight is 363 g/mol. The van der Waals surface area contributed by atoms with Crippen molar-refractivity contribution in [2.24, 2.45) is 0 Å². The van der Waals surface area contributed by atoms with Gasteiger partial charge in [-0.05, 0) is 41.8 Å². The van der Waals surface area contributed by atoms with Crippen LogP contribution in [0.3, 0.4) is 0 Å². The van der Waals surface area contributed by atoms with Crippen molar-refractivity contribution in [3.05, 3.63) is 59.7 Å². The van der Waals surface area contributed by atoms with E-state index < -0.39 is 6.04 Å². The van der Waals surface area contributed by atoms with Crippen molar-refractivity contribution < 1.29 is 14.4 Å². The molecule has 2 heterocycles. The molecule has 2 aliphatic rings. The third-order valence-corrected chi connectivity index (χ3v) is 5.17. The minimum absolute atomic E-state index is 0.165. The van der Waals surface area contributed by atoms with E-state index in [1.807, 2.05) is 12.1 Å². The summed E-state index contributed by atoms with van der Waals surface area (Å²) in [5, 5.41) is 2.68. The van der Waals surface area contributed by atoms with Crippen LogP contribution in [0.5, 0.6) is 0 Å². The molecule has 0 radical (unpaired) electrons. The minimum Gasteiger partial charge on any atom is -0.326 e. The quantitative estimate of drug-likeness (QED) is 0.850. The molecule has 27 heavy (non-hydrogen) atoms. The Labute approximate surface area is 157 Å². The summed E-state index contributed by atoms with van der Waals surface area (Å²) in [6.45, 7) is 2.90. The van der Waals surface area contributed by atoms with Gasteiger partial charge in [0.25, 0.3) is 5.91 Å². The summed E-state index contributed by atoms with van der Waals surface area (Å²) in [7, 11) is 0. The second-order valence-electron chi connectivity index (χ2n) is 7.00. The number of fused-ring (bicyclic) bond motifs is 1. The van der Waals surface area contributed by atoms with Gasteiger partial charge in [0.15, 0.2) is 0 Å². The van der Waals surface area contributed by atoms with Crippen LogP contribution in [0.2, 0.25) is 0 Å². The molecule has 2 aromatic carbocycles. The normalized spacial score (nSPS) is 19.9. The molecule has 0 bridgehead atoms. The number of amides is 3. The van der Waals surface area contributed by atoms with Crippen LogP contribution >= 0.6 is 0 Å². The molecule has 1 N–H and O–H groups in total. The highest BCUT2D eigenvalue weighted by atomic mass is 16.2. The Morgan fingerprint density at radius 2 is 1.74 bits per heavy atom. The molecule has 1 fully saturated rings. The summed E-state index contributed by atoms with van der Waals surface area (Å²) in [5.41, 5.74) is 3.71. The Bertz CT molecular complexity index is 907. The average Bonchev–Trinajstić information content (AvgIpc) is 2.96. The van der Waals surface area contributed by atoms with Crippen LogP contribution in [0.1, 0.15) is 24.5 Å². The zero-order valence-electron chi connectivity index (χ0n) is 15.1. The zero-order chi connectivity index (χ0) is 19.0. The number of imide groups is 1. The van der Waals surface area contributed by atoms with Gasteiger partial charge in [-0.1, -0.05) is 24.3 Å². The lowest BCUT2D eigenvalue weighted by atomic mass is 9.98. The van der Waals surface area contributed by atoms with Crippen molar-refractivity contribution in [2.45, 2.75) is 32.4 Å². The van der Waals surface area contributed by atoms with E-state index in [0.29, 0.717) is 17.9 Å². The van der Waals surface area contributed by atoms with E-state index in [0.717, 1.165) is 13.0 Å². The molecule has 0 aliphatic carbocycles. The van der Waals surface area contributed by atoms with Crippen LogP contribution in [0.25, 0.3) is 0 Å². The van der Waals surface area contributed by atoms with Gasteiger partial charge in [-0.25, -0.2) is 4.90 Å². The van der Waals surface area contributed by atoms with Gasteiger partial charge in [0.05, 0.1) is 18.2 Å². The van der Waals surface area contributed by atoms with E-state index in [9.17, 15) is 14.4 Å². The number of carbonyl (C=O) groups excluding carboxylic acids is 3. The predicted octanol–water partition coefficient (Wildman–Crippen LogP) is 2.34. The lowest BCUT2D eigenvalue weighted by Gasteiger charge is -2.32. The van der Waals surface area contributed by atoms with Gasteiger partial charge >= 0.3 is 0 Å². The third kappa shape index (κ3) is 3.36. The maximum atomic E-state index is 13.0. The molecule has 2 aromatic rings. The zero-order valence-corrected chi connectivity index (χ0v) is 15.1. The van der Waals surface area contributed by atoms with E-state index >= 15 is 0 Å². The Hall–Kier alpha value is -2.99. The Morgan fingerprint density at radius 3 is 2.44 bits per heavy atom. The first-order chi connectivity index (χ1) is 13.0. The van der Waals surface area contributed by atoms with Crippen LogP contribution < -0.4 is 10.2 Å². The van der Waals surface area contributed by atoms with Crippen molar-refractivity contribution in [3.63, 3.8) is 0 Å². The van der Waals surface area contributed by atoms with E-state index in [1.165, 1.54) is 23.0 Å². The van der Waals surface area contributed by atoms with Crippen LogP contribution in [0, 0.1) is 0 Å². The standard InChI is InChI=1S/C21H21N3O3/c1-14(25)22-17-6-8-18(9-7-17)24-20(26)12-19(21(24)27)23-11-10-15-4-2-3-5-16(15)13-23/h2-9,19H,10-13H2,1H3,(H,22,25). The molecular formula is C21H21N3O3. The molecule has 3 amide bonds. The van der Waals surface area contributed by atoms with Crippen molar-refractivity contribution >= 4 is 29.1 Å². The number of hydrogen-bond donors (Lipinski definition) is 1. The van der Waals surface area contributed by atoms with Gasteiger partial charge in [0.2, 0.25) is 11.8 Å². The number of nitrogens with zero attached hydrogens (tertiary/aromatic N) is 2. The molecule has 6 heteroatoms. The van der Waals surface area contributed by atoms with Gasteiger partial charge in [0.1, 0.15) is 0 Å². The SMILES string of the molecule is CC(=O)Nc1ccc(N2C(=O)CC(N3CCc4ccccc4C3)C2=O)cc1. The number of hydrogen-bond acceptors (Lipinski definition) is 4. The van der Waals surface area contributed by atoms with Crippen LogP contribution in [0.15, 0.2) is 48.5 Å². The van der Waals surface area contributed by atoms with Gasteiger partial charge < -0.3 is 5.32 Å². The lowest BCUT2D eigenvalue weighted by molar-refractivity contribution is -0.123. The van der Waals surface area contributed by atoms with Gasteiger partial charge in [0, 0.05) is 25.7 Å². The largest absolute Gasteiger partial charge is 0.326 e. The number of rotatable bonds is 3. The van der Waals surface area contributed by atoms with Crippen molar-refractivity contribution in [3.8, 4) is 0 Å². The fourth-order valence-corrected chi connectivity index (χ4v) is 3.85.